The van der Waals surface area contributed by atoms with Crippen LogP contribution in [0.4, 0.5) is 17.1 Å². The molecule has 0 fully saturated rings. The van der Waals surface area contributed by atoms with Crippen molar-refractivity contribution in [2.24, 2.45) is 0 Å². The minimum Gasteiger partial charge on any atom is -0.456 e. The number of fused-ring (bicyclic) bond motifs is 11. The number of para-hydroxylation sites is 2. The number of rotatable bonds is 5. The number of hydrogen-bond donors (Lipinski definition) is 0. The van der Waals surface area contributed by atoms with Crippen LogP contribution in [0.3, 0.4) is 0 Å². The van der Waals surface area contributed by atoms with Crippen molar-refractivity contribution in [2.75, 3.05) is 4.90 Å². The average molecular weight is 716 g/mol. The van der Waals surface area contributed by atoms with Gasteiger partial charge < -0.3 is 13.7 Å². The molecule has 0 bridgehead atoms. The van der Waals surface area contributed by atoms with Crippen molar-refractivity contribution in [1.29, 1.82) is 0 Å². The lowest BCUT2D eigenvalue weighted by molar-refractivity contribution is 0.668. The largest absolute Gasteiger partial charge is 0.456 e. The normalized spacial score (nSPS) is 13.1. The van der Waals surface area contributed by atoms with E-state index in [9.17, 15) is 0 Å². The Morgan fingerprint density at radius 2 is 0.946 bits per heavy atom. The third-order valence-corrected chi connectivity index (χ3v) is 11.9. The molecule has 12 rings (SSSR count). The van der Waals surface area contributed by atoms with Crippen molar-refractivity contribution in [3.8, 4) is 11.1 Å². The van der Waals surface area contributed by atoms with Crippen molar-refractivity contribution >= 4 is 71.7 Å². The van der Waals surface area contributed by atoms with E-state index in [1.807, 2.05) is 6.07 Å². The molecule has 2 aromatic heterocycles. The molecule has 0 N–H and O–H groups in total. The van der Waals surface area contributed by atoms with Crippen molar-refractivity contribution < 1.29 is 8.83 Å². The fourth-order valence-electron chi connectivity index (χ4n) is 9.68. The molecule has 0 saturated heterocycles. The zero-order valence-electron chi connectivity index (χ0n) is 30.3. The zero-order chi connectivity index (χ0) is 36.8. The molecule has 3 heteroatoms. The maximum absolute atomic E-state index is 7.11. The van der Waals surface area contributed by atoms with Gasteiger partial charge in [-0.25, -0.2) is 0 Å². The Labute approximate surface area is 323 Å². The standard InChI is InChI=1S/C53H33NO2/c1-3-17-35(18-4-1)53(36-19-5-2-6-20-36)42-25-11-9-22-40(42)49-43(53)26-14-27-44(49)54(45-28-15-31-48-50(45)41-23-10-12-30-47(41)55-48)46-29-13-24-38-39-33-32-34-16-7-8-21-37(34)51(39)56-52(38)46/h1-33H. The second kappa shape index (κ2) is 11.8. The summed E-state index contributed by atoms with van der Waals surface area (Å²) in [6.07, 6.45) is 0. The molecule has 11 aromatic rings. The molecule has 56 heavy (non-hydrogen) atoms. The third kappa shape index (κ3) is 4.17. The second-order valence-corrected chi connectivity index (χ2v) is 14.7. The van der Waals surface area contributed by atoms with Gasteiger partial charge in [0.15, 0.2) is 5.58 Å². The topological polar surface area (TPSA) is 29.5 Å². The van der Waals surface area contributed by atoms with E-state index in [1.54, 1.807) is 0 Å². The van der Waals surface area contributed by atoms with Gasteiger partial charge in [-0.05, 0) is 69.6 Å². The molecule has 0 radical (unpaired) electrons. The molecule has 0 amide bonds. The first-order valence-electron chi connectivity index (χ1n) is 19.2. The summed E-state index contributed by atoms with van der Waals surface area (Å²) in [5.41, 5.74) is 13.3. The van der Waals surface area contributed by atoms with Gasteiger partial charge in [0.2, 0.25) is 0 Å². The Morgan fingerprint density at radius 3 is 1.79 bits per heavy atom. The van der Waals surface area contributed by atoms with Gasteiger partial charge in [0, 0.05) is 27.1 Å². The Kier molecular flexibility index (Phi) is 6.55. The van der Waals surface area contributed by atoms with Gasteiger partial charge in [0.1, 0.15) is 16.7 Å². The van der Waals surface area contributed by atoms with Crippen LogP contribution in [-0.2, 0) is 5.41 Å². The molecule has 0 unspecified atom stereocenters. The van der Waals surface area contributed by atoms with Crippen LogP contribution in [0.1, 0.15) is 22.3 Å². The smallest absolute Gasteiger partial charge is 0.159 e. The molecule has 262 valence electrons. The Morgan fingerprint density at radius 1 is 0.357 bits per heavy atom. The maximum Gasteiger partial charge on any atom is 0.159 e. The molecule has 3 nitrogen and oxygen atoms in total. The highest BCUT2D eigenvalue weighted by atomic mass is 16.3. The Hall–Kier alpha value is -7.36. The minimum absolute atomic E-state index is 0.547. The molecule has 0 saturated carbocycles. The predicted molar refractivity (Wildman–Crippen MR) is 230 cm³/mol. The van der Waals surface area contributed by atoms with E-state index in [0.717, 1.165) is 71.7 Å². The van der Waals surface area contributed by atoms with Gasteiger partial charge in [-0.2, -0.15) is 0 Å². The molecule has 1 aliphatic carbocycles. The number of anilines is 3. The summed E-state index contributed by atoms with van der Waals surface area (Å²) in [6, 6.07) is 72.0. The summed E-state index contributed by atoms with van der Waals surface area (Å²) in [5, 5.41) is 6.57. The quantitative estimate of drug-likeness (QED) is 0.178. The Balaban J connectivity index is 1.24. The van der Waals surface area contributed by atoms with Crippen LogP contribution < -0.4 is 4.90 Å². The summed E-state index contributed by atoms with van der Waals surface area (Å²) >= 11 is 0. The van der Waals surface area contributed by atoms with Crippen LogP contribution >= 0.6 is 0 Å². The summed E-state index contributed by atoms with van der Waals surface area (Å²) in [4.78, 5) is 2.43. The molecule has 0 aliphatic heterocycles. The predicted octanol–water partition coefficient (Wildman–Crippen LogP) is 14.5. The maximum atomic E-state index is 7.11. The zero-order valence-corrected chi connectivity index (χ0v) is 30.3. The van der Waals surface area contributed by atoms with E-state index in [4.69, 9.17) is 8.83 Å². The molecule has 0 atom stereocenters. The van der Waals surface area contributed by atoms with E-state index >= 15 is 0 Å². The van der Waals surface area contributed by atoms with Crippen LogP contribution in [0.2, 0.25) is 0 Å². The number of benzene rings is 9. The molecule has 9 aromatic carbocycles. The Bertz CT molecular complexity index is 3280. The SMILES string of the molecule is c1ccc(C2(c3ccccc3)c3ccccc3-c3c(N(c4cccc5c4oc4c6ccccc6ccc54)c4cccc5oc6ccccc6c45)cccc32)cc1. The van der Waals surface area contributed by atoms with Crippen LogP contribution in [0.25, 0.3) is 65.8 Å². The van der Waals surface area contributed by atoms with Gasteiger partial charge in [0.25, 0.3) is 0 Å². The van der Waals surface area contributed by atoms with Crippen molar-refractivity contribution in [1.82, 2.24) is 0 Å². The fourth-order valence-corrected chi connectivity index (χ4v) is 9.68. The first-order valence-corrected chi connectivity index (χ1v) is 19.2. The first-order chi connectivity index (χ1) is 27.8. The molecule has 2 heterocycles. The third-order valence-electron chi connectivity index (χ3n) is 11.9. The summed E-state index contributed by atoms with van der Waals surface area (Å²) < 4.78 is 13.7. The summed E-state index contributed by atoms with van der Waals surface area (Å²) in [6.45, 7) is 0. The number of furan rings is 2. The van der Waals surface area contributed by atoms with Crippen LogP contribution in [0, 0.1) is 0 Å². The van der Waals surface area contributed by atoms with Crippen molar-refractivity contribution in [3.05, 3.63) is 222 Å². The first kappa shape index (κ1) is 31.0. The number of nitrogens with zero attached hydrogens (tertiary/aromatic N) is 1. The molecular formula is C53H33NO2. The average Bonchev–Trinajstić information content (AvgIpc) is 3.94. The van der Waals surface area contributed by atoms with E-state index in [2.05, 4.69) is 199 Å². The molecule has 0 spiro atoms. The summed E-state index contributed by atoms with van der Waals surface area (Å²) in [7, 11) is 0. The van der Waals surface area contributed by atoms with Crippen molar-refractivity contribution in [2.45, 2.75) is 5.41 Å². The van der Waals surface area contributed by atoms with Gasteiger partial charge in [-0.15, -0.1) is 0 Å². The lowest BCUT2D eigenvalue weighted by Gasteiger charge is -2.34. The van der Waals surface area contributed by atoms with Crippen LogP contribution in [0.5, 0.6) is 0 Å². The number of hydrogen-bond acceptors (Lipinski definition) is 3. The van der Waals surface area contributed by atoms with E-state index in [-0.39, 0.29) is 0 Å². The molecular weight excluding hydrogens is 683 g/mol. The fraction of sp³-hybridized carbons (Fsp3) is 0.0189. The highest BCUT2D eigenvalue weighted by Gasteiger charge is 2.47. The molecule has 1 aliphatic rings. The van der Waals surface area contributed by atoms with Gasteiger partial charge >= 0.3 is 0 Å². The van der Waals surface area contributed by atoms with Gasteiger partial charge in [0.05, 0.1) is 27.9 Å². The van der Waals surface area contributed by atoms with Gasteiger partial charge in [-0.1, -0.05) is 164 Å². The second-order valence-electron chi connectivity index (χ2n) is 14.7. The monoisotopic (exact) mass is 715 g/mol. The van der Waals surface area contributed by atoms with Crippen LogP contribution in [-0.4, -0.2) is 0 Å². The lowest BCUT2D eigenvalue weighted by atomic mass is 9.68. The van der Waals surface area contributed by atoms with E-state index in [1.165, 1.54) is 33.4 Å². The van der Waals surface area contributed by atoms with E-state index < -0.39 is 5.41 Å². The highest BCUT2D eigenvalue weighted by molar-refractivity contribution is 6.20. The lowest BCUT2D eigenvalue weighted by Crippen LogP contribution is -2.28. The van der Waals surface area contributed by atoms with Crippen molar-refractivity contribution in [3.63, 3.8) is 0 Å². The highest BCUT2D eigenvalue weighted by Crippen LogP contribution is 2.60. The minimum atomic E-state index is -0.547. The van der Waals surface area contributed by atoms with E-state index in [0.29, 0.717) is 0 Å². The summed E-state index contributed by atoms with van der Waals surface area (Å²) in [5.74, 6) is 0. The van der Waals surface area contributed by atoms with Gasteiger partial charge in [-0.3, -0.25) is 0 Å². The van der Waals surface area contributed by atoms with Crippen LogP contribution in [0.15, 0.2) is 209 Å².